The molecule has 8 heteroatoms. The quantitative estimate of drug-likeness (QED) is 0.803. The van der Waals surface area contributed by atoms with Gasteiger partial charge >= 0.3 is 0 Å². The topological polar surface area (TPSA) is 82.6 Å². The molecular weight excluding hydrogens is 316 g/mol. The maximum atomic E-state index is 12.3. The third kappa shape index (κ3) is 5.18. The molecule has 0 aromatic carbocycles. The van der Waals surface area contributed by atoms with Gasteiger partial charge in [0.1, 0.15) is 5.82 Å². The summed E-state index contributed by atoms with van der Waals surface area (Å²) in [6.45, 7) is 5.31. The predicted octanol–water partition coefficient (Wildman–Crippen LogP) is 0.316. The fourth-order valence-corrected chi connectivity index (χ4v) is 3.46. The molecule has 0 bridgehead atoms. The summed E-state index contributed by atoms with van der Waals surface area (Å²) < 4.78 is 22.8. The summed E-state index contributed by atoms with van der Waals surface area (Å²) in [6.07, 6.45) is 1.54. The van der Waals surface area contributed by atoms with Gasteiger partial charge in [0.2, 0.25) is 0 Å². The minimum absolute atomic E-state index is 0.0384. The maximum Gasteiger partial charge on any atom is 0.255 e. The molecule has 1 aromatic heterocycles. The molecule has 1 aliphatic heterocycles. The average molecular weight is 340 g/mol. The first-order valence-corrected chi connectivity index (χ1v) is 9.61. The van der Waals surface area contributed by atoms with Gasteiger partial charge in [0.15, 0.2) is 9.84 Å². The zero-order valence-corrected chi connectivity index (χ0v) is 14.5. The van der Waals surface area contributed by atoms with Crippen LogP contribution in [0.3, 0.4) is 0 Å². The Morgan fingerprint density at radius 2 is 2.04 bits per heavy atom. The lowest BCUT2D eigenvalue weighted by molar-refractivity contribution is 0.0770. The van der Waals surface area contributed by atoms with E-state index in [4.69, 9.17) is 0 Å². The van der Waals surface area contributed by atoms with Gasteiger partial charge in [-0.3, -0.25) is 4.79 Å². The van der Waals surface area contributed by atoms with E-state index >= 15 is 0 Å². The minimum Gasteiger partial charge on any atom is -0.369 e. The molecule has 2 heterocycles. The highest BCUT2D eigenvalue weighted by Crippen LogP contribution is 2.11. The molecule has 0 radical (unpaired) electrons. The molecule has 1 aromatic rings. The van der Waals surface area contributed by atoms with Crippen molar-refractivity contribution in [1.82, 2.24) is 14.8 Å². The Labute approximate surface area is 137 Å². The van der Waals surface area contributed by atoms with Crippen LogP contribution in [0.1, 0.15) is 17.3 Å². The fraction of sp³-hybridized carbons (Fsp3) is 0.600. The van der Waals surface area contributed by atoms with Gasteiger partial charge in [-0.15, -0.1) is 0 Å². The Bertz CT molecular complexity index is 617. The number of pyridine rings is 1. The lowest BCUT2D eigenvalue weighted by Gasteiger charge is -2.26. The molecule has 0 unspecified atom stereocenters. The lowest BCUT2D eigenvalue weighted by Crippen LogP contribution is -2.43. The Kier molecular flexibility index (Phi) is 5.95. The summed E-state index contributed by atoms with van der Waals surface area (Å²) >= 11 is 0. The molecule has 128 valence electrons. The average Bonchev–Trinajstić information content (AvgIpc) is 2.54. The number of likely N-dealkylation sites (N-methyl/N-ethyl adjacent to an activating group) is 1. The van der Waals surface area contributed by atoms with Crippen LogP contribution in [-0.2, 0) is 9.84 Å². The summed E-state index contributed by atoms with van der Waals surface area (Å²) in [5.74, 6) is 0.644. The van der Waals surface area contributed by atoms with Gasteiger partial charge in [-0.2, -0.15) is 0 Å². The van der Waals surface area contributed by atoms with E-state index in [9.17, 15) is 13.2 Å². The third-order valence-corrected chi connectivity index (χ3v) is 5.59. The number of rotatable bonds is 6. The van der Waals surface area contributed by atoms with Gasteiger partial charge in [0.05, 0.1) is 17.1 Å². The molecule has 0 aliphatic carbocycles. The van der Waals surface area contributed by atoms with Crippen molar-refractivity contribution in [2.24, 2.45) is 0 Å². The van der Waals surface area contributed by atoms with Gasteiger partial charge in [0, 0.05) is 32.4 Å². The van der Waals surface area contributed by atoms with Crippen molar-refractivity contribution in [1.29, 1.82) is 0 Å². The second-order valence-corrected chi connectivity index (χ2v) is 8.00. The first-order chi connectivity index (χ1) is 10.9. The van der Waals surface area contributed by atoms with Crippen LogP contribution in [0, 0.1) is 0 Å². The molecule has 23 heavy (non-hydrogen) atoms. The Balaban J connectivity index is 1.88. The Morgan fingerprint density at radius 1 is 1.35 bits per heavy atom. The van der Waals surface area contributed by atoms with E-state index in [1.807, 2.05) is 0 Å². The van der Waals surface area contributed by atoms with Crippen LogP contribution in [-0.4, -0.2) is 80.4 Å². The van der Waals surface area contributed by atoms with E-state index in [1.54, 1.807) is 17.0 Å². The number of carbonyl (C=O) groups excluding carboxylic acids is 1. The largest absolute Gasteiger partial charge is 0.369 e. The number of hydrogen-bond donors (Lipinski definition) is 1. The third-order valence-electron chi connectivity index (χ3n) is 3.98. The van der Waals surface area contributed by atoms with Crippen molar-refractivity contribution in [3.8, 4) is 0 Å². The Hall–Kier alpha value is -1.67. The minimum atomic E-state index is -2.98. The zero-order chi connectivity index (χ0) is 16.9. The normalized spacial score (nSPS) is 17.3. The van der Waals surface area contributed by atoms with Crippen LogP contribution in [0.2, 0.25) is 0 Å². The van der Waals surface area contributed by atoms with Crippen LogP contribution in [0.25, 0.3) is 0 Å². The maximum absolute atomic E-state index is 12.3. The second kappa shape index (κ2) is 7.74. The van der Waals surface area contributed by atoms with Crippen molar-refractivity contribution < 1.29 is 13.2 Å². The molecule has 1 N–H and O–H groups in total. The van der Waals surface area contributed by atoms with E-state index < -0.39 is 9.84 Å². The van der Waals surface area contributed by atoms with Crippen LogP contribution >= 0.6 is 0 Å². The van der Waals surface area contributed by atoms with Crippen LogP contribution < -0.4 is 5.32 Å². The van der Waals surface area contributed by atoms with E-state index in [2.05, 4.69) is 29.2 Å². The lowest BCUT2D eigenvalue weighted by atomic mass is 10.2. The van der Waals surface area contributed by atoms with E-state index in [-0.39, 0.29) is 30.5 Å². The number of hydrogen-bond acceptors (Lipinski definition) is 6. The predicted molar refractivity (Wildman–Crippen MR) is 90.5 cm³/mol. The highest BCUT2D eigenvalue weighted by Gasteiger charge is 2.25. The molecule has 1 aliphatic rings. The van der Waals surface area contributed by atoms with Gasteiger partial charge in [0.25, 0.3) is 5.91 Å². The van der Waals surface area contributed by atoms with E-state index in [0.717, 1.165) is 25.5 Å². The number of amides is 1. The number of nitrogens with zero attached hydrogens (tertiary/aromatic N) is 3. The highest BCUT2D eigenvalue weighted by molar-refractivity contribution is 7.91. The molecule has 1 fully saturated rings. The molecule has 2 rings (SSSR count). The molecule has 1 amide bonds. The first kappa shape index (κ1) is 17.7. The first-order valence-electron chi connectivity index (χ1n) is 7.79. The second-order valence-electron chi connectivity index (χ2n) is 5.70. The number of anilines is 1. The summed E-state index contributed by atoms with van der Waals surface area (Å²) in [6, 6.07) is 3.50. The van der Waals surface area contributed by atoms with Crippen LogP contribution in [0.5, 0.6) is 0 Å². The number of nitrogens with one attached hydrogen (secondary N) is 1. The molecule has 0 atom stereocenters. The summed E-state index contributed by atoms with van der Waals surface area (Å²) in [4.78, 5) is 20.3. The molecule has 0 saturated carbocycles. The summed E-state index contributed by atoms with van der Waals surface area (Å²) in [5.41, 5.74) is 0.487. The van der Waals surface area contributed by atoms with Gasteiger partial charge < -0.3 is 15.1 Å². The van der Waals surface area contributed by atoms with Gasteiger partial charge in [-0.05, 0) is 25.7 Å². The fourth-order valence-electron chi connectivity index (χ4n) is 2.26. The smallest absolute Gasteiger partial charge is 0.255 e. The highest BCUT2D eigenvalue weighted by atomic mass is 32.2. The van der Waals surface area contributed by atoms with Crippen molar-refractivity contribution in [2.45, 2.75) is 6.92 Å². The molecule has 7 nitrogen and oxygen atoms in total. The number of aromatic nitrogens is 1. The van der Waals surface area contributed by atoms with Crippen molar-refractivity contribution in [3.05, 3.63) is 23.9 Å². The molecule has 0 spiro atoms. The Morgan fingerprint density at radius 3 is 2.61 bits per heavy atom. The summed E-state index contributed by atoms with van der Waals surface area (Å²) in [5, 5.41) is 3.21. The van der Waals surface area contributed by atoms with Crippen molar-refractivity contribution in [2.75, 3.05) is 56.6 Å². The van der Waals surface area contributed by atoms with Crippen molar-refractivity contribution in [3.63, 3.8) is 0 Å². The summed E-state index contributed by atoms with van der Waals surface area (Å²) in [7, 11) is -0.930. The van der Waals surface area contributed by atoms with Crippen LogP contribution in [0.4, 0.5) is 5.82 Å². The number of sulfone groups is 1. The van der Waals surface area contributed by atoms with Gasteiger partial charge in [-0.1, -0.05) is 6.92 Å². The van der Waals surface area contributed by atoms with Crippen molar-refractivity contribution >= 4 is 21.6 Å². The molecular formula is C15H24N4O3S. The SMILES string of the molecule is CCN(C)CCNc1ccc(C(=O)N2CCS(=O)(=O)CC2)cn1. The van der Waals surface area contributed by atoms with E-state index in [0.29, 0.717) is 5.56 Å². The molecule has 1 saturated heterocycles. The van der Waals surface area contributed by atoms with Crippen LogP contribution in [0.15, 0.2) is 18.3 Å². The zero-order valence-electron chi connectivity index (χ0n) is 13.7. The standard InChI is InChI=1S/C15H24N4O3S/c1-3-18(2)7-6-16-14-5-4-13(12-17-14)15(20)19-8-10-23(21,22)11-9-19/h4-5,12H,3,6-11H2,1-2H3,(H,16,17). The number of carbonyl (C=O) groups is 1. The van der Waals surface area contributed by atoms with Gasteiger partial charge in [-0.25, -0.2) is 13.4 Å². The monoisotopic (exact) mass is 340 g/mol. The van der Waals surface area contributed by atoms with E-state index in [1.165, 1.54) is 6.20 Å².